The van der Waals surface area contributed by atoms with Gasteiger partial charge in [0.2, 0.25) is 0 Å². The second kappa shape index (κ2) is 5.67. The molecule has 0 amide bonds. The Morgan fingerprint density at radius 3 is 2.54 bits per heavy atom. The lowest BCUT2D eigenvalue weighted by atomic mass is 10.1. The first-order valence-corrected chi connectivity index (χ1v) is 10.3. The van der Waals surface area contributed by atoms with Crippen LogP contribution in [0.2, 0.25) is 0 Å². The maximum atomic E-state index is 11.9. The number of benzene rings is 1. The number of rotatable bonds is 3. The summed E-state index contributed by atoms with van der Waals surface area (Å²) in [5, 5.41) is 4.96. The summed E-state index contributed by atoms with van der Waals surface area (Å²) >= 11 is 0. The van der Waals surface area contributed by atoms with Gasteiger partial charge in [-0.15, -0.1) is 0 Å². The molecule has 0 radical (unpaired) electrons. The smallest absolute Gasteiger partial charge is 0.175 e. The number of sulfone groups is 1. The van der Waals surface area contributed by atoms with Crippen LogP contribution in [0.1, 0.15) is 18.4 Å². The van der Waals surface area contributed by atoms with Gasteiger partial charge in [0, 0.05) is 35.5 Å². The molecular weight excluding hydrogens is 350 g/mol. The van der Waals surface area contributed by atoms with E-state index in [2.05, 4.69) is 20.8 Å². The third-order valence-corrected chi connectivity index (χ3v) is 5.85. The third-order valence-electron chi connectivity index (χ3n) is 4.74. The summed E-state index contributed by atoms with van der Waals surface area (Å²) in [4.78, 5) is 4.98. The monoisotopic (exact) mass is 369 g/mol. The van der Waals surface area contributed by atoms with Gasteiger partial charge in [0.1, 0.15) is 5.76 Å². The van der Waals surface area contributed by atoms with Gasteiger partial charge >= 0.3 is 0 Å². The van der Waals surface area contributed by atoms with E-state index >= 15 is 0 Å². The molecule has 0 saturated heterocycles. The number of aryl methyl sites for hydroxylation is 3. The predicted molar refractivity (Wildman–Crippen MR) is 101 cm³/mol. The molecule has 3 heterocycles. The van der Waals surface area contributed by atoms with Crippen LogP contribution in [0.3, 0.4) is 0 Å². The molecule has 0 saturated carbocycles. The highest BCUT2D eigenvalue weighted by atomic mass is 32.2. The Balaban J connectivity index is 2.06. The van der Waals surface area contributed by atoms with Crippen LogP contribution in [-0.2, 0) is 16.4 Å². The van der Waals surface area contributed by atoms with E-state index in [4.69, 9.17) is 4.52 Å². The highest BCUT2D eigenvalue weighted by Gasteiger charge is 2.18. The van der Waals surface area contributed by atoms with Crippen LogP contribution in [0.5, 0.6) is 0 Å². The van der Waals surface area contributed by atoms with E-state index in [1.54, 1.807) is 12.1 Å². The van der Waals surface area contributed by atoms with Gasteiger partial charge in [-0.05, 0) is 45.0 Å². The molecule has 0 N–H and O–H groups in total. The fourth-order valence-electron chi connectivity index (χ4n) is 3.53. The van der Waals surface area contributed by atoms with Gasteiger partial charge in [0.05, 0.1) is 27.1 Å². The molecular formula is C19H19N3O3S. The van der Waals surface area contributed by atoms with Gasteiger partial charge in [-0.3, -0.25) is 4.98 Å². The van der Waals surface area contributed by atoms with Gasteiger partial charge < -0.3 is 9.09 Å². The molecule has 0 aliphatic heterocycles. The van der Waals surface area contributed by atoms with Crippen molar-refractivity contribution >= 4 is 31.8 Å². The predicted octanol–water partition coefficient (Wildman–Crippen LogP) is 3.88. The molecule has 7 heteroatoms. The third kappa shape index (κ3) is 2.42. The summed E-state index contributed by atoms with van der Waals surface area (Å²) in [6.45, 7) is 6.53. The zero-order valence-electron chi connectivity index (χ0n) is 15.1. The summed E-state index contributed by atoms with van der Waals surface area (Å²) in [6, 6.07) is 7.27. The van der Waals surface area contributed by atoms with Gasteiger partial charge in [0.15, 0.2) is 9.84 Å². The Morgan fingerprint density at radius 1 is 1.15 bits per heavy atom. The summed E-state index contributed by atoms with van der Waals surface area (Å²) < 4.78 is 31.2. The van der Waals surface area contributed by atoms with Crippen molar-refractivity contribution in [3.8, 4) is 11.1 Å². The molecule has 0 spiro atoms. The molecule has 4 aromatic rings. The lowest BCUT2D eigenvalue weighted by Gasteiger charge is -2.05. The van der Waals surface area contributed by atoms with Crippen LogP contribution in [0.4, 0.5) is 0 Å². The zero-order chi connectivity index (χ0) is 18.6. The van der Waals surface area contributed by atoms with Crippen LogP contribution >= 0.6 is 0 Å². The number of pyridine rings is 1. The van der Waals surface area contributed by atoms with E-state index in [1.165, 1.54) is 6.26 Å². The molecule has 26 heavy (non-hydrogen) atoms. The standard InChI is InChI=1S/C19H19N3O3S/c1-5-22-16-9-14(26(4,23)24)6-7-15(16)19-17(22)8-13(10-20-19)18-11(2)21-25-12(18)3/h6-10H,5H2,1-4H3. The van der Waals surface area contributed by atoms with Gasteiger partial charge in [0.25, 0.3) is 0 Å². The molecule has 0 aliphatic carbocycles. The minimum atomic E-state index is -3.27. The SMILES string of the molecule is CCn1c2cc(S(C)(=O)=O)ccc2c2ncc(-c3c(C)noc3C)cc21. The Bertz CT molecular complexity index is 1250. The molecule has 3 aromatic heterocycles. The van der Waals surface area contributed by atoms with E-state index in [0.29, 0.717) is 11.4 Å². The topological polar surface area (TPSA) is 78.0 Å². The summed E-state index contributed by atoms with van der Waals surface area (Å²) in [6.07, 6.45) is 3.04. The maximum Gasteiger partial charge on any atom is 0.175 e. The van der Waals surface area contributed by atoms with E-state index in [1.807, 2.05) is 33.0 Å². The number of nitrogens with zero attached hydrogens (tertiary/aromatic N) is 3. The lowest BCUT2D eigenvalue weighted by Crippen LogP contribution is -1.98. The fourth-order valence-corrected chi connectivity index (χ4v) is 4.18. The van der Waals surface area contributed by atoms with E-state index in [0.717, 1.165) is 44.5 Å². The van der Waals surface area contributed by atoms with Crippen molar-refractivity contribution in [3.63, 3.8) is 0 Å². The Labute approximate surface area is 151 Å². The van der Waals surface area contributed by atoms with E-state index < -0.39 is 9.84 Å². The van der Waals surface area contributed by atoms with Gasteiger partial charge in [-0.1, -0.05) is 5.16 Å². The Kier molecular flexibility index (Phi) is 3.66. The number of aromatic nitrogens is 3. The summed E-state index contributed by atoms with van der Waals surface area (Å²) in [7, 11) is -3.27. The van der Waals surface area contributed by atoms with Crippen LogP contribution in [0, 0.1) is 13.8 Å². The maximum absolute atomic E-state index is 11.9. The molecule has 0 fully saturated rings. The molecule has 6 nitrogen and oxygen atoms in total. The first-order valence-electron chi connectivity index (χ1n) is 8.36. The zero-order valence-corrected chi connectivity index (χ0v) is 15.9. The fraction of sp³-hybridized carbons (Fsp3) is 0.263. The summed E-state index contributed by atoms with van der Waals surface area (Å²) in [5.41, 5.74) is 5.40. The molecule has 0 aliphatic rings. The first-order chi connectivity index (χ1) is 12.3. The molecule has 0 bridgehead atoms. The quantitative estimate of drug-likeness (QED) is 0.547. The van der Waals surface area contributed by atoms with E-state index in [-0.39, 0.29) is 0 Å². The first kappa shape index (κ1) is 16.8. The van der Waals surface area contributed by atoms with Crippen molar-refractivity contribution in [2.24, 2.45) is 0 Å². The molecule has 1 aromatic carbocycles. The molecule has 0 unspecified atom stereocenters. The number of hydrogen-bond donors (Lipinski definition) is 0. The van der Waals surface area contributed by atoms with Crippen molar-refractivity contribution in [2.75, 3.05) is 6.26 Å². The van der Waals surface area contributed by atoms with Crippen molar-refractivity contribution < 1.29 is 12.9 Å². The van der Waals surface area contributed by atoms with Crippen molar-refractivity contribution in [1.82, 2.24) is 14.7 Å². The van der Waals surface area contributed by atoms with Gasteiger partial charge in [-0.2, -0.15) is 0 Å². The molecule has 0 atom stereocenters. The van der Waals surface area contributed by atoms with Crippen LogP contribution < -0.4 is 0 Å². The van der Waals surface area contributed by atoms with Crippen molar-refractivity contribution in [2.45, 2.75) is 32.2 Å². The van der Waals surface area contributed by atoms with Gasteiger partial charge in [-0.25, -0.2) is 8.42 Å². The van der Waals surface area contributed by atoms with Crippen molar-refractivity contribution in [1.29, 1.82) is 0 Å². The lowest BCUT2D eigenvalue weighted by molar-refractivity contribution is 0.393. The van der Waals surface area contributed by atoms with Crippen LogP contribution in [-0.4, -0.2) is 29.4 Å². The number of hydrogen-bond acceptors (Lipinski definition) is 5. The normalized spacial score (nSPS) is 12.3. The average molecular weight is 369 g/mol. The van der Waals surface area contributed by atoms with Crippen LogP contribution in [0.25, 0.3) is 33.1 Å². The largest absolute Gasteiger partial charge is 0.361 e. The van der Waals surface area contributed by atoms with Crippen LogP contribution in [0.15, 0.2) is 39.9 Å². The second-order valence-electron chi connectivity index (χ2n) is 6.49. The Hall–Kier alpha value is -2.67. The molecule has 134 valence electrons. The summed E-state index contributed by atoms with van der Waals surface area (Å²) in [5.74, 6) is 0.752. The minimum Gasteiger partial charge on any atom is -0.361 e. The van der Waals surface area contributed by atoms with E-state index in [9.17, 15) is 8.42 Å². The second-order valence-corrected chi connectivity index (χ2v) is 8.50. The number of fused-ring (bicyclic) bond motifs is 3. The van der Waals surface area contributed by atoms with Crippen molar-refractivity contribution in [3.05, 3.63) is 41.9 Å². The molecule has 4 rings (SSSR count). The average Bonchev–Trinajstić information content (AvgIpc) is 3.09. The highest BCUT2D eigenvalue weighted by molar-refractivity contribution is 7.90. The minimum absolute atomic E-state index is 0.313. The highest BCUT2D eigenvalue weighted by Crippen LogP contribution is 2.33. The Morgan fingerprint density at radius 2 is 1.92 bits per heavy atom.